The number of para-hydroxylation sites is 4. The van der Waals surface area contributed by atoms with Crippen molar-refractivity contribution in [2.75, 3.05) is 14.1 Å². The summed E-state index contributed by atoms with van der Waals surface area (Å²) in [7, 11) is 2.87. The molecule has 0 saturated carbocycles. The van der Waals surface area contributed by atoms with Gasteiger partial charge in [-0.2, -0.15) is 0 Å². The van der Waals surface area contributed by atoms with Crippen LogP contribution in [-0.2, 0) is 0 Å². The van der Waals surface area contributed by atoms with Crippen LogP contribution in [0.4, 0.5) is 0 Å². The zero-order chi connectivity index (χ0) is 43.7. The summed E-state index contributed by atoms with van der Waals surface area (Å²) < 4.78 is 4.05. The van der Waals surface area contributed by atoms with Gasteiger partial charge in [0.2, 0.25) is 0 Å². The number of aromatic nitrogens is 2. The lowest BCUT2D eigenvalue weighted by atomic mass is 9.79. The molecule has 0 spiro atoms. The van der Waals surface area contributed by atoms with Crippen LogP contribution in [0.25, 0.3) is 88.0 Å². The Hall–Kier alpha value is -8.76. The number of hydrogen-bond acceptors (Lipinski definition) is 6. The number of carbonyl (C=O) groups excluding carboxylic acids is 4. The Bertz CT molecular complexity index is 3560. The Balaban J connectivity index is 1.06. The molecule has 0 radical (unpaired) electrons. The molecule has 4 amide bonds. The SMILES string of the molecule is CN1C(=O)c2cc(-c3ccc(-n4c5ccccc5c(=O)c5ccccc54)cc3)c3c4c(cc(-c5ccc(-n6c7ccccc7c(=O)c7ccccc76)cc5)c(c24)C1=O)C(=O)N(C)C3=O. The summed E-state index contributed by atoms with van der Waals surface area (Å²) in [5.74, 6) is -2.21. The first-order chi connectivity index (χ1) is 31.1. The zero-order valence-corrected chi connectivity index (χ0v) is 34.2. The van der Waals surface area contributed by atoms with Crippen molar-refractivity contribution in [3.05, 3.63) is 200 Å². The third kappa shape index (κ3) is 4.95. The molecule has 2 aromatic heterocycles. The van der Waals surface area contributed by atoms with E-state index in [0.717, 1.165) is 43.2 Å². The van der Waals surface area contributed by atoms with E-state index in [-0.39, 0.29) is 43.9 Å². The minimum Gasteiger partial charge on any atom is -0.309 e. The van der Waals surface area contributed by atoms with Crippen LogP contribution >= 0.6 is 0 Å². The van der Waals surface area contributed by atoms with E-state index in [0.29, 0.717) is 43.8 Å². The normalized spacial score (nSPS) is 13.7. The molecule has 0 aliphatic carbocycles. The molecule has 0 fully saturated rings. The van der Waals surface area contributed by atoms with Gasteiger partial charge in [0.1, 0.15) is 0 Å². The summed E-state index contributed by atoms with van der Waals surface area (Å²) in [5.41, 5.74) is 7.30. The highest BCUT2D eigenvalue weighted by Crippen LogP contribution is 2.46. The number of amides is 4. The van der Waals surface area contributed by atoms with E-state index in [4.69, 9.17) is 0 Å². The van der Waals surface area contributed by atoms with Gasteiger partial charge in [0, 0.05) is 68.9 Å². The van der Waals surface area contributed by atoms with E-state index in [1.165, 1.54) is 14.1 Å². The number of pyridine rings is 2. The van der Waals surface area contributed by atoms with E-state index in [1.54, 1.807) is 12.1 Å². The van der Waals surface area contributed by atoms with Crippen molar-refractivity contribution in [3.63, 3.8) is 0 Å². The number of rotatable bonds is 4. The average Bonchev–Trinajstić information content (AvgIpc) is 3.34. The largest absolute Gasteiger partial charge is 0.309 e. The molecule has 4 heterocycles. The molecule has 0 unspecified atom stereocenters. The number of imide groups is 2. The Morgan fingerprint density at radius 1 is 0.328 bits per heavy atom. The highest BCUT2D eigenvalue weighted by atomic mass is 16.2. The summed E-state index contributed by atoms with van der Waals surface area (Å²) in [6.07, 6.45) is 0. The quantitative estimate of drug-likeness (QED) is 0.129. The Kier molecular flexibility index (Phi) is 7.74. The molecular weight excluding hydrogens is 801 g/mol. The van der Waals surface area contributed by atoms with Gasteiger partial charge in [-0.05, 0) is 107 Å². The molecule has 10 heteroatoms. The minimum atomic E-state index is -0.553. The van der Waals surface area contributed by atoms with Gasteiger partial charge in [0.15, 0.2) is 10.9 Å². The van der Waals surface area contributed by atoms with Crippen LogP contribution in [0.2, 0.25) is 0 Å². The topological polar surface area (TPSA) is 119 Å². The molecule has 10 nitrogen and oxygen atoms in total. The zero-order valence-electron chi connectivity index (χ0n) is 34.2. The van der Waals surface area contributed by atoms with E-state index < -0.39 is 23.6 Å². The molecule has 2 aliphatic rings. The summed E-state index contributed by atoms with van der Waals surface area (Å²) >= 11 is 0. The fraction of sp³-hybridized carbons (Fsp3) is 0.0370. The molecule has 304 valence electrons. The standard InChI is InChI=1S/C54H32N4O6/c1-55-51(61)39-27-38(30-21-25-32(26-22-30)58-43-17-9-5-13-35(43)50(60)36-14-6-10-18-44(36)58)48-46-40(52(62)56(2)54(48)64)28-37(47(45(39)46)53(55)63)29-19-23-31(24-20-29)57-41-15-7-3-11-33(41)49(59)34-12-4-8-16-42(34)57/h3-28H,1-2H3. The Morgan fingerprint density at radius 2 is 0.625 bits per heavy atom. The fourth-order valence-electron chi connectivity index (χ4n) is 9.88. The number of hydrogen-bond donors (Lipinski definition) is 0. The molecule has 0 N–H and O–H groups in total. The van der Waals surface area contributed by atoms with E-state index in [2.05, 4.69) is 0 Å². The monoisotopic (exact) mass is 832 g/mol. The third-order valence-corrected chi connectivity index (χ3v) is 12.9. The lowest BCUT2D eigenvalue weighted by molar-refractivity contribution is 0.0630. The van der Waals surface area contributed by atoms with Gasteiger partial charge >= 0.3 is 0 Å². The first-order valence-electron chi connectivity index (χ1n) is 20.7. The van der Waals surface area contributed by atoms with Gasteiger partial charge in [0.05, 0.1) is 33.2 Å². The van der Waals surface area contributed by atoms with Crippen molar-refractivity contribution in [3.8, 4) is 33.6 Å². The maximum atomic E-state index is 14.4. The maximum absolute atomic E-state index is 14.4. The van der Waals surface area contributed by atoms with Gasteiger partial charge in [0.25, 0.3) is 23.6 Å². The van der Waals surface area contributed by atoms with Crippen molar-refractivity contribution in [2.45, 2.75) is 0 Å². The van der Waals surface area contributed by atoms with Crippen molar-refractivity contribution in [1.29, 1.82) is 0 Å². The number of benzene rings is 8. The smallest absolute Gasteiger partial charge is 0.261 e. The van der Waals surface area contributed by atoms with Crippen molar-refractivity contribution < 1.29 is 19.2 Å². The second kappa shape index (κ2) is 13.4. The number of carbonyl (C=O) groups is 4. The van der Waals surface area contributed by atoms with Gasteiger partial charge in [-0.3, -0.25) is 38.6 Å². The van der Waals surface area contributed by atoms with E-state index in [1.807, 2.05) is 155 Å². The second-order valence-electron chi connectivity index (χ2n) is 16.3. The van der Waals surface area contributed by atoms with E-state index >= 15 is 0 Å². The van der Waals surface area contributed by atoms with E-state index in [9.17, 15) is 28.8 Å². The second-order valence-corrected chi connectivity index (χ2v) is 16.3. The van der Waals surface area contributed by atoms with Crippen LogP contribution in [0.1, 0.15) is 41.4 Å². The van der Waals surface area contributed by atoms with Gasteiger partial charge in [-0.25, -0.2) is 0 Å². The third-order valence-electron chi connectivity index (χ3n) is 12.9. The Labute approximate surface area is 363 Å². The minimum absolute atomic E-state index is 0.0579. The summed E-state index contributed by atoms with van der Waals surface area (Å²) in [4.78, 5) is 86.3. The van der Waals surface area contributed by atoms with Gasteiger partial charge in [-0.15, -0.1) is 0 Å². The first-order valence-corrected chi connectivity index (χ1v) is 20.7. The molecular formula is C54H32N4O6. The molecule has 2 aliphatic heterocycles. The van der Waals surface area contributed by atoms with Crippen LogP contribution in [-0.4, -0.2) is 56.7 Å². The highest BCUT2D eigenvalue weighted by Gasteiger charge is 2.41. The van der Waals surface area contributed by atoms with Crippen molar-refractivity contribution in [1.82, 2.24) is 18.9 Å². The Morgan fingerprint density at radius 3 is 0.938 bits per heavy atom. The van der Waals surface area contributed by atoms with Gasteiger partial charge < -0.3 is 9.13 Å². The molecule has 0 atom stereocenters. The summed E-state index contributed by atoms with van der Waals surface area (Å²) in [5, 5.41) is 2.83. The molecule has 0 bridgehead atoms. The predicted octanol–water partition coefficient (Wildman–Crippen LogP) is 9.54. The fourth-order valence-corrected chi connectivity index (χ4v) is 9.88. The lowest BCUT2D eigenvalue weighted by Gasteiger charge is -2.32. The molecule has 10 aromatic rings. The van der Waals surface area contributed by atoms with Crippen LogP contribution < -0.4 is 10.9 Å². The van der Waals surface area contributed by atoms with Crippen LogP contribution in [0.3, 0.4) is 0 Å². The van der Waals surface area contributed by atoms with Crippen LogP contribution in [0, 0.1) is 0 Å². The molecule has 64 heavy (non-hydrogen) atoms. The highest BCUT2D eigenvalue weighted by molar-refractivity contribution is 6.36. The van der Waals surface area contributed by atoms with Crippen LogP contribution in [0.15, 0.2) is 167 Å². The molecule has 0 saturated heterocycles. The lowest BCUT2D eigenvalue weighted by Crippen LogP contribution is -2.41. The van der Waals surface area contributed by atoms with Gasteiger partial charge in [-0.1, -0.05) is 72.8 Å². The van der Waals surface area contributed by atoms with Crippen molar-refractivity contribution in [2.24, 2.45) is 0 Å². The molecule has 12 rings (SSSR count). The van der Waals surface area contributed by atoms with Crippen molar-refractivity contribution >= 4 is 78.0 Å². The number of nitrogens with zero attached hydrogens (tertiary/aromatic N) is 4. The predicted molar refractivity (Wildman–Crippen MR) is 249 cm³/mol. The number of fused-ring (bicyclic) bond motifs is 4. The summed E-state index contributed by atoms with van der Waals surface area (Å²) in [6, 6.07) is 48.2. The first kappa shape index (κ1) is 37.0. The summed E-state index contributed by atoms with van der Waals surface area (Å²) in [6.45, 7) is 0. The average molecular weight is 833 g/mol. The van der Waals surface area contributed by atoms with Crippen LogP contribution in [0.5, 0.6) is 0 Å². The maximum Gasteiger partial charge on any atom is 0.261 e. The molecule has 8 aromatic carbocycles.